The van der Waals surface area contributed by atoms with Crippen LogP contribution in [0, 0.1) is 17.8 Å². The average Bonchev–Trinajstić information content (AvgIpc) is 3.21. The summed E-state index contributed by atoms with van der Waals surface area (Å²) in [6.07, 6.45) is 16.9. The van der Waals surface area contributed by atoms with Crippen molar-refractivity contribution >= 4 is 5.97 Å². The van der Waals surface area contributed by atoms with E-state index in [0.29, 0.717) is 30.3 Å². The summed E-state index contributed by atoms with van der Waals surface area (Å²) in [7, 11) is 0. The van der Waals surface area contributed by atoms with Gasteiger partial charge in [0, 0.05) is 12.8 Å². The van der Waals surface area contributed by atoms with E-state index in [1.54, 1.807) is 0 Å². The SMILES string of the molecule is CCCCCCCCCC(C)[C@H]1[C@@H](CCCCCC(=O)O)[C@H]2C[C@H]1OO2. The van der Waals surface area contributed by atoms with Gasteiger partial charge in [-0.2, -0.15) is 0 Å². The summed E-state index contributed by atoms with van der Waals surface area (Å²) in [6, 6.07) is 0. The maximum Gasteiger partial charge on any atom is 0.303 e. The molecule has 0 radical (unpaired) electrons. The number of fused-ring (bicyclic) bond motifs is 2. The summed E-state index contributed by atoms with van der Waals surface area (Å²) in [4.78, 5) is 21.7. The largest absolute Gasteiger partial charge is 0.481 e. The summed E-state index contributed by atoms with van der Waals surface area (Å²) in [6.45, 7) is 4.68. The van der Waals surface area contributed by atoms with E-state index < -0.39 is 5.97 Å². The molecule has 0 aromatic carbocycles. The lowest BCUT2D eigenvalue weighted by Gasteiger charge is -2.34. The van der Waals surface area contributed by atoms with Crippen molar-refractivity contribution in [2.45, 2.75) is 116 Å². The molecule has 5 atom stereocenters. The Bertz CT molecular complexity index is 398. The number of carboxylic acid groups (broad SMARTS) is 1. The normalized spacial score (nSPS) is 28.5. The molecular weight excluding hydrogens is 328 g/mol. The zero-order valence-corrected chi connectivity index (χ0v) is 17.0. The molecule has 1 aliphatic carbocycles. The number of rotatable bonds is 15. The molecule has 0 amide bonds. The van der Waals surface area contributed by atoms with Crippen LogP contribution in [0.2, 0.25) is 0 Å². The van der Waals surface area contributed by atoms with Crippen LogP contribution in [0.4, 0.5) is 0 Å². The van der Waals surface area contributed by atoms with Crippen molar-refractivity contribution in [1.29, 1.82) is 0 Å². The Labute approximate surface area is 160 Å². The van der Waals surface area contributed by atoms with Crippen LogP contribution in [0.15, 0.2) is 0 Å². The first-order chi connectivity index (χ1) is 12.6. The summed E-state index contributed by atoms with van der Waals surface area (Å²) >= 11 is 0. The predicted octanol–water partition coefficient (Wildman–Crippen LogP) is 6.13. The van der Waals surface area contributed by atoms with E-state index in [9.17, 15) is 4.79 Å². The van der Waals surface area contributed by atoms with E-state index in [0.717, 1.165) is 32.1 Å². The van der Waals surface area contributed by atoms with Crippen molar-refractivity contribution in [3.63, 3.8) is 0 Å². The van der Waals surface area contributed by atoms with Crippen LogP contribution in [0.1, 0.15) is 104 Å². The lowest BCUT2D eigenvalue weighted by atomic mass is 9.78. The fourth-order valence-electron chi connectivity index (χ4n) is 5.06. The summed E-state index contributed by atoms with van der Waals surface area (Å²) in [5.74, 6) is 1.27. The van der Waals surface area contributed by atoms with Crippen LogP contribution in [0.3, 0.4) is 0 Å². The highest BCUT2D eigenvalue weighted by molar-refractivity contribution is 5.66. The van der Waals surface area contributed by atoms with Gasteiger partial charge in [0.25, 0.3) is 0 Å². The summed E-state index contributed by atoms with van der Waals surface area (Å²) in [5.41, 5.74) is 0. The molecule has 2 rings (SSSR count). The van der Waals surface area contributed by atoms with Gasteiger partial charge in [-0.25, -0.2) is 9.78 Å². The number of carbonyl (C=O) groups is 1. The molecule has 2 aliphatic rings. The molecule has 1 unspecified atom stereocenters. The second-order valence-corrected chi connectivity index (χ2v) is 8.63. The molecule has 1 saturated carbocycles. The lowest BCUT2D eigenvalue weighted by Crippen LogP contribution is -2.34. The molecule has 152 valence electrons. The highest BCUT2D eigenvalue weighted by Gasteiger charge is 2.51. The van der Waals surface area contributed by atoms with Crippen LogP contribution in [0.25, 0.3) is 0 Å². The Balaban J connectivity index is 1.65. The van der Waals surface area contributed by atoms with Crippen LogP contribution >= 0.6 is 0 Å². The number of aliphatic carboxylic acids is 1. The Hall–Kier alpha value is -0.610. The van der Waals surface area contributed by atoms with E-state index in [-0.39, 0.29) is 6.10 Å². The maximum atomic E-state index is 10.6. The topological polar surface area (TPSA) is 55.8 Å². The molecule has 1 N–H and O–H groups in total. The molecule has 2 fully saturated rings. The quantitative estimate of drug-likeness (QED) is 0.279. The highest BCUT2D eigenvalue weighted by atomic mass is 17.2. The Morgan fingerprint density at radius 3 is 2.35 bits per heavy atom. The Morgan fingerprint density at radius 1 is 0.962 bits per heavy atom. The smallest absolute Gasteiger partial charge is 0.303 e. The van der Waals surface area contributed by atoms with Gasteiger partial charge in [-0.3, -0.25) is 4.79 Å². The standard InChI is InChI=1S/C22H40O4/c1-3-4-5-6-7-8-10-13-17(2)22-18(19-16-20(22)26-25-19)14-11-9-12-15-21(23)24/h17-20,22H,3-16H2,1-2H3,(H,23,24)/t17?,18-,19+,20+,22-/m0/s1. The maximum absolute atomic E-state index is 10.6. The molecule has 0 spiro atoms. The molecule has 4 nitrogen and oxygen atoms in total. The zero-order valence-electron chi connectivity index (χ0n) is 17.0. The second-order valence-electron chi connectivity index (χ2n) is 8.63. The fraction of sp³-hybridized carbons (Fsp3) is 0.955. The highest BCUT2D eigenvalue weighted by Crippen LogP contribution is 2.48. The second kappa shape index (κ2) is 12.0. The van der Waals surface area contributed by atoms with Crippen LogP contribution < -0.4 is 0 Å². The average molecular weight is 369 g/mol. The van der Waals surface area contributed by atoms with Gasteiger partial charge in [-0.05, 0) is 30.6 Å². The van der Waals surface area contributed by atoms with Gasteiger partial charge in [-0.1, -0.05) is 78.1 Å². The molecule has 1 saturated heterocycles. The van der Waals surface area contributed by atoms with Gasteiger partial charge < -0.3 is 5.11 Å². The van der Waals surface area contributed by atoms with Crippen molar-refractivity contribution in [2.24, 2.45) is 17.8 Å². The van der Waals surface area contributed by atoms with Crippen molar-refractivity contribution in [3.8, 4) is 0 Å². The summed E-state index contributed by atoms with van der Waals surface area (Å²) < 4.78 is 0. The van der Waals surface area contributed by atoms with E-state index in [2.05, 4.69) is 13.8 Å². The van der Waals surface area contributed by atoms with Crippen LogP contribution in [-0.2, 0) is 14.6 Å². The summed E-state index contributed by atoms with van der Waals surface area (Å²) in [5, 5.41) is 8.75. The molecule has 2 bridgehead atoms. The Kier molecular flexibility index (Phi) is 9.98. The van der Waals surface area contributed by atoms with E-state index >= 15 is 0 Å². The van der Waals surface area contributed by atoms with Crippen molar-refractivity contribution in [3.05, 3.63) is 0 Å². The third kappa shape index (κ3) is 6.84. The van der Waals surface area contributed by atoms with E-state index in [1.165, 1.54) is 51.4 Å². The molecule has 4 heteroatoms. The third-order valence-electron chi connectivity index (χ3n) is 6.52. The minimum absolute atomic E-state index is 0.279. The van der Waals surface area contributed by atoms with Crippen LogP contribution in [0.5, 0.6) is 0 Å². The minimum Gasteiger partial charge on any atom is -0.481 e. The van der Waals surface area contributed by atoms with E-state index in [1.807, 2.05) is 0 Å². The number of hydrogen-bond acceptors (Lipinski definition) is 3. The molecule has 1 heterocycles. The van der Waals surface area contributed by atoms with Gasteiger partial charge in [0.2, 0.25) is 0 Å². The van der Waals surface area contributed by atoms with E-state index in [4.69, 9.17) is 14.9 Å². The molecule has 1 aliphatic heterocycles. The lowest BCUT2D eigenvalue weighted by molar-refractivity contribution is -0.345. The molecular formula is C22H40O4. The minimum atomic E-state index is -0.678. The van der Waals surface area contributed by atoms with Crippen molar-refractivity contribution < 1.29 is 19.7 Å². The van der Waals surface area contributed by atoms with Gasteiger partial charge in [0.05, 0.1) is 12.2 Å². The van der Waals surface area contributed by atoms with Gasteiger partial charge in [-0.15, -0.1) is 0 Å². The molecule has 0 aromatic rings. The van der Waals surface area contributed by atoms with Crippen LogP contribution in [-0.4, -0.2) is 23.3 Å². The van der Waals surface area contributed by atoms with Gasteiger partial charge in [0.15, 0.2) is 0 Å². The number of unbranched alkanes of at least 4 members (excludes halogenated alkanes) is 8. The van der Waals surface area contributed by atoms with Gasteiger partial charge >= 0.3 is 5.97 Å². The number of carboxylic acids is 1. The number of hydrogen-bond donors (Lipinski definition) is 1. The third-order valence-corrected chi connectivity index (χ3v) is 6.52. The Morgan fingerprint density at radius 2 is 1.62 bits per heavy atom. The predicted molar refractivity (Wildman–Crippen MR) is 104 cm³/mol. The van der Waals surface area contributed by atoms with Gasteiger partial charge in [0.1, 0.15) is 0 Å². The first kappa shape index (κ1) is 21.7. The van der Waals surface area contributed by atoms with Crippen molar-refractivity contribution in [2.75, 3.05) is 0 Å². The van der Waals surface area contributed by atoms with Crippen molar-refractivity contribution in [1.82, 2.24) is 0 Å². The molecule has 26 heavy (non-hydrogen) atoms. The fourth-order valence-corrected chi connectivity index (χ4v) is 5.06. The molecule has 0 aromatic heterocycles. The monoisotopic (exact) mass is 368 g/mol. The first-order valence-electron chi connectivity index (χ1n) is 11.2. The first-order valence-corrected chi connectivity index (χ1v) is 11.2. The zero-order chi connectivity index (χ0) is 18.8.